The molecule has 0 atom stereocenters. The van der Waals surface area contributed by atoms with Crippen molar-refractivity contribution in [2.24, 2.45) is 0 Å². The Kier molecular flexibility index (Phi) is 8.24. The Morgan fingerprint density at radius 1 is 1.00 bits per heavy atom. The molecular formula is C24H30O4. The van der Waals surface area contributed by atoms with Crippen LogP contribution in [0.4, 0.5) is 0 Å². The van der Waals surface area contributed by atoms with E-state index in [1.165, 1.54) is 0 Å². The topological polar surface area (TPSA) is 63.6 Å². The highest BCUT2D eigenvalue weighted by atomic mass is 16.5. The number of phenols is 1. The molecule has 0 radical (unpaired) electrons. The minimum atomic E-state index is -0.440. The quantitative estimate of drug-likeness (QED) is 0.335. The number of hydrogen-bond donors (Lipinski definition) is 1. The van der Waals surface area contributed by atoms with Gasteiger partial charge in [-0.25, -0.2) is 4.79 Å². The molecule has 0 aliphatic rings. The molecule has 0 aromatic heterocycles. The number of esters is 1. The Bertz CT molecular complexity index is 809. The molecule has 0 saturated heterocycles. The van der Waals surface area contributed by atoms with E-state index in [9.17, 15) is 14.7 Å². The van der Waals surface area contributed by atoms with Crippen molar-refractivity contribution in [3.63, 3.8) is 0 Å². The number of phenolic OH excluding ortho intramolecular Hbond substituents is 1. The average Bonchev–Trinajstić information content (AvgIpc) is 2.71. The number of aryl methyl sites for hydroxylation is 1. The number of hydrogen-bond acceptors (Lipinski definition) is 4. The van der Waals surface area contributed by atoms with Gasteiger partial charge in [-0.1, -0.05) is 63.4 Å². The van der Waals surface area contributed by atoms with Crippen molar-refractivity contribution in [2.75, 3.05) is 6.61 Å². The monoisotopic (exact) mass is 382 g/mol. The summed E-state index contributed by atoms with van der Waals surface area (Å²) in [5.41, 5.74) is 2.31. The van der Waals surface area contributed by atoms with Crippen molar-refractivity contribution in [2.45, 2.75) is 59.3 Å². The van der Waals surface area contributed by atoms with Gasteiger partial charge in [-0.3, -0.25) is 4.79 Å². The number of ketones is 1. The molecule has 0 spiro atoms. The molecule has 4 heteroatoms. The highest BCUT2D eigenvalue weighted by Gasteiger charge is 2.26. The summed E-state index contributed by atoms with van der Waals surface area (Å²) in [6.45, 7) is 6.05. The lowest BCUT2D eigenvalue weighted by Crippen LogP contribution is -2.15. The smallest absolute Gasteiger partial charge is 0.338 e. The van der Waals surface area contributed by atoms with Crippen LogP contribution >= 0.6 is 0 Å². The Hall–Kier alpha value is -2.62. The van der Waals surface area contributed by atoms with E-state index in [0.29, 0.717) is 35.1 Å². The van der Waals surface area contributed by atoms with Gasteiger partial charge in [0.15, 0.2) is 5.78 Å². The van der Waals surface area contributed by atoms with Gasteiger partial charge in [0.1, 0.15) is 5.75 Å². The normalized spacial score (nSPS) is 10.7. The van der Waals surface area contributed by atoms with E-state index in [1.807, 2.05) is 13.0 Å². The van der Waals surface area contributed by atoms with Crippen molar-refractivity contribution in [3.8, 4) is 5.75 Å². The molecular weight excluding hydrogens is 352 g/mol. The van der Waals surface area contributed by atoms with Gasteiger partial charge in [0.25, 0.3) is 0 Å². The molecule has 150 valence electrons. The van der Waals surface area contributed by atoms with E-state index < -0.39 is 5.97 Å². The van der Waals surface area contributed by atoms with Crippen LogP contribution in [-0.4, -0.2) is 23.5 Å². The molecule has 2 aromatic rings. The van der Waals surface area contributed by atoms with Crippen LogP contribution in [0.25, 0.3) is 0 Å². The number of carbonyl (C=O) groups is 2. The molecule has 2 rings (SSSR count). The van der Waals surface area contributed by atoms with Gasteiger partial charge in [-0.2, -0.15) is 0 Å². The molecule has 0 aliphatic carbocycles. The third-order valence-corrected chi connectivity index (χ3v) is 4.91. The predicted molar refractivity (Wildman–Crippen MR) is 111 cm³/mol. The van der Waals surface area contributed by atoms with Crippen LogP contribution in [0, 0.1) is 0 Å². The second-order valence-electron chi connectivity index (χ2n) is 6.87. The molecule has 1 N–H and O–H groups in total. The van der Waals surface area contributed by atoms with Crippen LogP contribution in [0.5, 0.6) is 5.75 Å². The molecule has 0 bridgehead atoms. The summed E-state index contributed by atoms with van der Waals surface area (Å²) in [7, 11) is 0. The Labute approximate surface area is 167 Å². The highest BCUT2D eigenvalue weighted by molar-refractivity contribution is 6.13. The van der Waals surface area contributed by atoms with Gasteiger partial charge in [0, 0.05) is 5.56 Å². The van der Waals surface area contributed by atoms with Crippen molar-refractivity contribution in [1.82, 2.24) is 0 Å². The van der Waals surface area contributed by atoms with E-state index in [2.05, 4.69) is 6.92 Å². The predicted octanol–water partition coefficient (Wildman–Crippen LogP) is 5.49. The second kappa shape index (κ2) is 10.6. The van der Waals surface area contributed by atoms with Crippen LogP contribution in [0.15, 0.2) is 36.4 Å². The first-order valence-corrected chi connectivity index (χ1v) is 10.2. The number of aromatic hydroxyl groups is 1. The van der Waals surface area contributed by atoms with E-state index in [1.54, 1.807) is 37.3 Å². The van der Waals surface area contributed by atoms with Crippen molar-refractivity contribution >= 4 is 11.8 Å². The van der Waals surface area contributed by atoms with E-state index in [0.717, 1.165) is 25.7 Å². The van der Waals surface area contributed by atoms with Crippen LogP contribution in [-0.2, 0) is 17.6 Å². The summed E-state index contributed by atoms with van der Waals surface area (Å²) in [5, 5.41) is 10.9. The molecule has 2 aromatic carbocycles. The first-order valence-electron chi connectivity index (χ1n) is 10.2. The SMILES string of the molecule is CCCCCCc1c(C(=O)OCC)cc(CC)c(O)c1C(=O)c1ccccc1. The molecule has 28 heavy (non-hydrogen) atoms. The molecule has 0 amide bonds. The Morgan fingerprint density at radius 3 is 2.32 bits per heavy atom. The summed E-state index contributed by atoms with van der Waals surface area (Å²) in [6.07, 6.45) is 5.12. The highest BCUT2D eigenvalue weighted by Crippen LogP contribution is 2.33. The van der Waals surface area contributed by atoms with Crippen molar-refractivity contribution in [3.05, 3.63) is 64.2 Å². The minimum Gasteiger partial charge on any atom is -0.507 e. The van der Waals surface area contributed by atoms with Crippen LogP contribution in [0.2, 0.25) is 0 Å². The zero-order chi connectivity index (χ0) is 20.5. The molecule has 0 aliphatic heterocycles. The third-order valence-electron chi connectivity index (χ3n) is 4.91. The standard InChI is InChI=1S/C24H30O4/c1-4-7-8-12-15-19-20(24(27)28-6-3)16-17(5-2)22(25)21(19)23(26)18-13-10-9-11-14-18/h9-11,13-14,16,25H,4-8,12,15H2,1-3H3. The fraction of sp³-hybridized carbons (Fsp3) is 0.417. The van der Waals surface area contributed by atoms with Crippen molar-refractivity contribution in [1.29, 1.82) is 0 Å². The van der Waals surface area contributed by atoms with Crippen molar-refractivity contribution < 1.29 is 19.4 Å². The molecule has 0 fully saturated rings. The molecule has 0 unspecified atom stereocenters. The van der Waals surface area contributed by atoms with E-state index in [4.69, 9.17) is 4.74 Å². The van der Waals surface area contributed by atoms with E-state index >= 15 is 0 Å². The van der Waals surface area contributed by atoms with Gasteiger partial charge in [-0.15, -0.1) is 0 Å². The Balaban J connectivity index is 2.62. The van der Waals surface area contributed by atoms with Crippen LogP contribution in [0.3, 0.4) is 0 Å². The van der Waals surface area contributed by atoms with Gasteiger partial charge in [0.05, 0.1) is 17.7 Å². The number of rotatable bonds is 10. The van der Waals surface area contributed by atoms with Crippen LogP contribution in [0.1, 0.15) is 83.9 Å². The largest absolute Gasteiger partial charge is 0.507 e. The molecule has 4 nitrogen and oxygen atoms in total. The zero-order valence-electron chi connectivity index (χ0n) is 17.1. The fourth-order valence-electron chi connectivity index (χ4n) is 3.40. The number of benzene rings is 2. The van der Waals surface area contributed by atoms with Gasteiger partial charge >= 0.3 is 5.97 Å². The first-order chi connectivity index (χ1) is 13.5. The molecule has 0 saturated carbocycles. The molecule has 0 heterocycles. The lowest BCUT2D eigenvalue weighted by Gasteiger charge is -2.18. The average molecular weight is 383 g/mol. The number of ether oxygens (including phenoxy) is 1. The second-order valence-corrected chi connectivity index (χ2v) is 6.87. The summed E-state index contributed by atoms with van der Waals surface area (Å²) >= 11 is 0. The van der Waals surface area contributed by atoms with Gasteiger partial charge in [0.2, 0.25) is 0 Å². The lowest BCUT2D eigenvalue weighted by atomic mass is 9.87. The third kappa shape index (κ3) is 5.00. The first kappa shape index (κ1) is 21.7. The van der Waals surface area contributed by atoms with Gasteiger partial charge < -0.3 is 9.84 Å². The summed E-state index contributed by atoms with van der Waals surface area (Å²) < 4.78 is 5.24. The summed E-state index contributed by atoms with van der Waals surface area (Å²) in [5.74, 6) is -0.718. The maximum absolute atomic E-state index is 13.3. The minimum absolute atomic E-state index is 0.0186. The Morgan fingerprint density at radius 2 is 1.71 bits per heavy atom. The maximum Gasteiger partial charge on any atom is 0.338 e. The lowest BCUT2D eigenvalue weighted by molar-refractivity contribution is 0.0525. The fourth-order valence-corrected chi connectivity index (χ4v) is 3.40. The number of carbonyl (C=O) groups excluding carboxylic acids is 2. The maximum atomic E-state index is 13.3. The number of unbranched alkanes of at least 4 members (excludes halogenated alkanes) is 3. The zero-order valence-corrected chi connectivity index (χ0v) is 17.1. The van der Waals surface area contributed by atoms with Crippen LogP contribution < -0.4 is 0 Å². The summed E-state index contributed by atoms with van der Waals surface area (Å²) in [4.78, 5) is 25.9. The summed E-state index contributed by atoms with van der Waals surface area (Å²) in [6, 6.07) is 10.6. The van der Waals surface area contributed by atoms with Gasteiger partial charge in [-0.05, 0) is 43.4 Å². The van der Waals surface area contributed by atoms with E-state index in [-0.39, 0.29) is 23.7 Å².